The zero-order valence-electron chi connectivity index (χ0n) is 14.4. The van der Waals surface area contributed by atoms with Gasteiger partial charge in [-0.25, -0.2) is 0 Å². The monoisotopic (exact) mass is 338 g/mol. The molecule has 1 heterocycles. The van der Waals surface area contributed by atoms with Crippen molar-refractivity contribution in [3.05, 3.63) is 60.2 Å². The lowest BCUT2D eigenvalue weighted by molar-refractivity contribution is -0.127. The summed E-state index contributed by atoms with van der Waals surface area (Å²) in [5.74, 6) is 0.477. The summed E-state index contributed by atoms with van der Waals surface area (Å²) in [6.07, 6.45) is 1.39. The Morgan fingerprint density at radius 1 is 1.12 bits per heavy atom. The van der Waals surface area contributed by atoms with E-state index in [2.05, 4.69) is 0 Å². The first-order valence-corrected chi connectivity index (χ1v) is 8.57. The van der Waals surface area contributed by atoms with Crippen LogP contribution in [0, 0.1) is 0 Å². The molecule has 5 nitrogen and oxygen atoms in total. The largest absolute Gasteiger partial charge is 0.493 e. The molecule has 0 unspecified atom stereocenters. The fourth-order valence-corrected chi connectivity index (χ4v) is 2.97. The van der Waals surface area contributed by atoms with Crippen molar-refractivity contribution in [1.29, 1.82) is 0 Å². The second-order valence-corrected chi connectivity index (χ2v) is 5.90. The number of hydrogen-bond donors (Lipinski definition) is 0. The van der Waals surface area contributed by atoms with Crippen LogP contribution < -0.4 is 9.64 Å². The van der Waals surface area contributed by atoms with Crippen LogP contribution in [0.3, 0.4) is 0 Å². The van der Waals surface area contributed by atoms with Crippen molar-refractivity contribution in [3.63, 3.8) is 0 Å². The maximum Gasteiger partial charge on any atom is 0.263 e. The molecular formula is C20H22N2O3. The lowest BCUT2D eigenvalue weighted by atomic mass is 10.1. The smallest absolute Gasteiger partial charge is 0.263 e. The molecule has 1 fully saturated rings. The van der Waals surface area contributed by atoms with Crippen LogP contribution in [-0.2, 0) is 4.79 Å². The number of amides is 2. The van der Waals surface area contributed by atoms with E-state index in [-0.39, 0.29) is 18.5 Å². The number of benzene rings is 2. The third-order valence-electron chi connectivity index (χ3n) is 4.21. The molecule has 0 aromatic heterocycles. The summed E-state index contributed by atoms with van der Waals surface area (Å²) in [4.78, 5) is 28.6. The van der Waals surface area contributed by atoms with Crippen molar-refractivity contribution in [2.45, 2.75) is 19.8 Å². The van der Waals surface area contributed by atoms with Crippen molar-refractivity contribution in [3.8, 4) is 5.75 Å². The summed E-state index contributed by atoms with van der Waals surface area (Å²) in [6.45, 7) is 3.31. The minimum absolute atomic E-state index is 0.0897. The Labute approximate surface area is 147 Å². The van der Waals surface area contributed by atoms with Crippen molar-refractivity contribution < 1.29 is 14.3 Å². The van der Waals surface area contributed by atoms with Gasteiger partial charge in [-0.15, -0.1) is 0 Å². The number of carbonyl (C=O) groups is 2. The molecule has 25 heavy (non-hydrogen) atoms. The van der Waals surface area contributed by atoms with Crippen LogP contribution in [0.25, 0.3) is 0 Å². The van der Waals surface area contributed by atoms with Gasteiger partial charge in [0, 0.05) is 18.7 Å². The van der Waals surface area contributed by atoms with Crippen LogP contribution in [0.2, 0.25) is 0 Å². The fraction of sp³-hybridized carbons (Fsp3) is 0.300. The summed E-state index contributed by atoms with van der Waals surface area (Å²) in [7, 11) is 0. The van der Waals surface area contributed by atoms with Gasteiger partial charge in [-0.2, -0.15) is 0 Å². The zero-order chi connectivity index (χ0) is 17.6. The van der Waals surface area contributed by atoms with Crippen LogP contribution in [0.4, 0.5) is 5.69 Å². The maximum atomic E-state index is 13.2. The Kier molecular flexibility index (Phi) is 5.33. The second kappa shape index (κ2) is 7.83. The normalized spacial score (nSPS) is 13.8. The summed E-state index contributed by atoms with van der Waals surface area (Å²) in [5, 5.41) is 0. The van der Waals surface area contributed by atoms with Gasteiger partial charge < -0.3 is 9.64 Å². The van der Waals surface area contributed by atoms with E-state index in [1.54, 1.807) is 21.9 Å². The van der Waals surface area contributed by atoms with E-state index in [4.69, 9.17) is 4.74 Å². The number of para-hydroxylation sites is 2. The second-order valence-electron chi connectivity index (χ2n) is 5.90. The summed E-state index contributed by atoms with van der Waals surface area (Å²) in [5.41, 5.74) is 1.26. The molecule has 0 spiro atoms. The minimum Gasteiger partial charge on any atom is -0.493 e. The summed E-state index contributed by atoms with van der Waals surface area (Å²) in [6, 6.07) is 16.6. The summed E-state index contributed by atoms with van der Waals surface area (Å²) < 4.78 is 5.61. The van der Waals surface area contributed by atoms with Gasteiger partial charge in [-0.1, -0.05) is 30.3 Å². The van der Waals surface area contributed by atoms with E-state index >= 15 is 0 Å². The summed E-state index contributed by atoms with van der Waals surface area (Å²) >= 11 is 0. The van der Waals surface area contributed by atoms with Gasteiger partial charge in [0.1, 0.15) is 12.4 Å². The van der Waals surface area contributed by atoms with E-state index in [0.717, 1.165) is 12.1 Å². The van der Waals surface area contributed by atoms with Crippen molar-refractivity contribution in [2.24, 2.45) is 0 Å². The average Bonchev–Trinajstić information content (AvgIpc) is 3.05. The number of hydrogen-bond acceptors (Lipinski definition) is 3. The van der Waals surface area contributed by atoms with E-state index in [9.17, 15) is 9.59 Å². The quantitative estimate of drug-likeness (QED) is 0.812. The molecule has 130 valence electrons. The number of anilines is 1. The molecule has 3 rings (SSSR count). The number of likely N-dealkylation sites (tertiary alicyclic amines) is 1. The van der Waals surface area contributed by atoms with Gasteiger partial charge in [0.2, 0.25) is 5.91 Å². The predicted molar refractivity (Wildman–Crippen MR) is 96.7 cm³/mol. The Bertz CT molecular complexity index is 746. The zero-order valence-corrected chi connectivity index (χ0v) is 14.4. The highest BCUT2D eigenvalue weighted by atomic mass is 16.5. The van der Waals surface area contributed by atoms with Gasteiger partial charge in [0.05, 0.1) is 12.2 Å². The van der Waals surface area contributed by atoms with Gasteiger partial charge in [-0.3, -0.25) is 14.5 Å². The van der Waals surface area contributed by atoms with Crippen LogP contribution in [0.1, 0.15) is 30.1 Å². The Hall–Kier alpha value is -2.82. The molecule has 1 saturated heterocycles. The third kappa shape index (κ3) is 3.82. The van der Waals surface area contributed by atoms with Gasteiger partial charge in [-0.05, 0) is 37.6 Å². The highest BCUT2D eigenvalue weighted by molar-refractivity contribution is 6.08. The van der Waals surface area contributed by atoms with Crippen LogP contribution >= 0.6 is 0 Å². The topological polar surface area (TPSA) is 49.9 Å². The molecule has 2 aromatic rings. The highest BCUT2D eigenvalue weighted by Crippen LogP contribution is 2.24. The predicted octanol–water partition coefficient (Wildman–Crippen LogP) is 3.31. The Morgan fingerprint density at radius 3 is 2.52 bits per heavy atom. The SMILES string of the molecule is CCOc1ccccc1C(=O)N(CN1CCCC1=O)c1ccccc1. The maximum absolute atomic E-state index is 13.2. The molecule has 0 saturated carbocycles. The van der Waals surface area contributed by atoms with Crippen LogP contribution in [-0.4, -0.2) is 36.5 Å². The Morgan fingerprint density at radius 2 is 1.84 bits per heavy atom. The van der Waals surface area contributed by atoms with Gasteiger partial charge in [0.15, 0.2) is 0 Å². The molecule has 1 aliphatic heterocycles. The van der Waals surface area contributed by atoms with Crippen LogP contribution in [0.15, 0.2) is 54.6 Å². The molecule has 2 amide bonds. The molecule has 0 atom stereocenters. The third-order valence-corrected chi connectivity index (χ3v) is 4.21. The molecular weight excluding hydrogens is 316 g/mol. The first kappa shape index (κ1) is 17.0. The van der Waals surface area contributed by atoms with Crippen molar-refractivity contribution >= 4 is 17.5 Å². The van der Waals surface area contributed by atoms with E-state index < -0.39 is 0 Å². The van der Waals surface area contributed by atoms with Crippen molar-refractivity contribution in [2.75, 3.05) is 24.7 Å². The number of rotatable bonds is 6. The standard InChI is InChI=1S/C20H22N2O3/c1-2-25-18-12-7-6-11-17(18)20(24)22(16-9-4-3-5-10-16)15-21-14-8-13-19(21)23/h3-7,9-12H,2,8,13-15H2,1H3. The molecule has 5 heteroatoms. The first-order valence-electron chi connectivity index (χ1n) is 8.57. The number of carbonyl (C=O) groups excluding carboxylic acids is 2. The molecule has 1 aliphatic rings. The van der Waals surface area contributed by atoms with Gasteiger partial charge in [0.25, 0.3) is 5.91 Å². The molecule has 0 bridgehead atoms. The van der Waals surface area contributed by atoms with E-state index in [1.807, 2.05) is 49.4 Å². The Balaban J connectivity index is 1.93. The first-order chi connectivity index (χ1) is 12.2. The van der Waals surface area contributed by atoms with Crippen LogP contribution in [0.5, 0.6) is 5.75 Å². The molecule has 2 aromatic carbocycles. The highest BCUT2D eigenvalue weighted by Gasteiger charge is 2.27. The fourth-order valence-electron chi connectivity index (χ4n) is 2.97. The number of nitrogens with zero attached hydrogens (tertiary/aromatic N) is 2. The minimum atomic E-state index is -0.171. The molecule has 0 N–H and O–H groups in total. The van der Waals surface area contributed by atoms with Gasteiger partial charge >= 0.3 is 0 Å². The van der Waals surface area contributed by atoms with E-state index in [0.29, 0.717) is 30.9 Å². The number of ether oxygens (including phenoxy) is 1. The lowest BCUT2D eigenvalue weighted by Crippen LogP contribution is -2.42. The average molecular weight is 338 g/mol. The lowest BCUT2D eigenvalue weighted by Gasteiger charge is -2.28. The molecule has 0 radical (unpaired) electrons. The molecule has 0 aliphatic carbocycles. The van der Waals surface area contributed by atoms with E-state index in [1.165, 1.54) is 0 Å². The van der Waals surface area contributed by atoms with Crippen molar-refractivity contribution in [1.82, 2.24) is 4.90 Å².